The Morgan fingerprint density at radius 1 is 0.638 bits per heavy atom. The molecule has 58 heavy (non-hydrogen) atoms. The van der Waals surface area contributed by atoms with Crippen molar-refractivity contribution in [1.29, 1.82) is 0 Å². The molecule has 2 aliphatic rings. The fourth-order valence-corrected chi connectivity index (χ4v) is 8.46. The van der Waals surface area contributed by atoms with Crippen molar-refractivity contribution in [2.45, 2.75) is 14.7 Å². The molecule has 2 aliphatic carbocycles. The topological polar surface area (TPSA) is 338 Å². The van der Waals surface area contributed by atoms with Gasteiger partial charge in [-0.2, -0.15) is 38.7 Å². The first-order chi connectivity index (χ1) is 26.8. The average molecular weight is 935 g/mol. The number of Topliss-reactive ketones (excluding diaryl/α,β-unsaturated/α-hetero) is 1. The Bertz CT molecular complexity index is 3100. The second-order valence-corrected chi connectivity index (χ2v) is 18.2. The number of benzene rings is 3. The quantitative estimate of drug-likeness (QED) is 0.0506. The zero-order chi connectivity index (χ0) is 42.7. The summed E-state index contributed by atoms with van der Waals surface area (Å²) in [6.45, 7) is 0. The van der Waals surface area contributed by atoms with Crippen LogP contribution in [-0.4, -0.2) is 84.8 Å². The van der Waals surface area contributed by atoms with E-state index in [-0.39, 0.29) is 44.2 Å². The molecule has 21 nitrogen and oxygen atoms in total. The van der Waals surface area contributed by atoms with E-state index in [1.165, 1.54) is 18.2 Å². The van der Waals surface area contributed by atoms with Crippen LogP contribution in [0.3, 0.4) is 0 Å². The van der Waals surface area contributed by atoms with Crippen molar-refractivity contribution in [3.8, 4) is 0 Å². The van der Waals surface area contributed by atoms with Crippen molar-refractivity contribution in [2.24, 2.45) is 10.2 Å². The highest BCUT2D eigenvalue weighted by atomic mass is 35.5. The zero-order valence-electron chi connectivity index (χ0n) is 27.8. The molecular weight excluding hydrogens is 917 g/mol. The third kappa shape index (κ3) is 8.78. The highest BCUT2D eigenvalue weighted by Gasteiger charge is 2.38. The van der Waals surface area contributed by atoms with Crippen LogP contribution >= 0.6 is 34.8 Å². The molecule has 0 aliphatic heterocycles. The Morgan fingerprint density at radius 3 is 1.86 bits per heavy atom. The molecule has 0 bridgehead atoms. The second-order valence-electron chi connectivity index (χ2n) is 11.6. The SMILES string of the molecule is O=C1C=Cc2cc(NNc3ccc(Nc4nc(Cl)nc(Cl)c4Cl)cc3)c(S(=O)(=O)O)cc2C1=NN=C1C(=O)c2c(cc(S(=O)(=O)O)cc2S(=O)(=O)O)C=C1S(=O)(=O)O. The minimum absolute atomic E-state index is 0.00202. The minimum Gasteiger partial charge on any atom is -0.339 e. The Hall–Kier alpha value is -5.19. The van der Waals surface area contributed by atoms with E-state index in [0.717, 1.165) is 18.2 Å². The molecule has 0 saturated carbocycles. The van der Waals surface area contributed by atoms with E-state index >= 15 is 0 Å². The van der Waals surface area contributed by atoms with Crippen molar-refractivity contribution in [1.82, 2.24) is 9.97 Å². The van der Waals surface area contributed by atoms with E-state index in [1.54, 1.807) is 12.1 Å². The zero-order valence-corrected chi connectivity index (χ0v) is 33.3. The van der Waals surface area contributed by atoms with Crippen molar-refractivity contribution >= 4 is 133 Å². The summed E-state index contributed by atoms with van der Waals surface area (Å²) in [6.07, 6.45) is 2.51. The number of hydrogen-bond donors (Lipinski definition) is 7. The van der Waals surface area contributed by atoms with Gasteiger partial charge in [0.2, 0.25) is 16.9 Å². The number of carbonyl (C=O) groups excluding carboxylic acids is 2. The fraction of sp³-hybridized carbons (Fsp3) is 0. The molecule has 1 aromatic heterocycles. The van der Waals surface area contributed by atoms with Crippen LogP contribution in [0, 0.1) is 0 Å². The highest BCUT2D eigenvalue weighted by molar-refractivity contribution is 7.91. The molecule has 4 aromatic rings. The van der Waals surface area contributed by atoms with Gasteiger partial charge in [0.05, 0.1) is 21.8 Å². The van der Waals surface area contributed by atoms with Crippen LogP contribution in [0.1, 0.15) is 27.0 Å². The Balaban J connectivity index is 1.38. The first-order valence-electron chi connectivity index (χ1n) is 15.0. The van der Waals surface area contributed by atoms with Gasteiger partial charge in [-0.15, -0.1) is 10.2 Å². The molecule has 0 amide bonds. The molecule has 6 rings (SSSR count). The van der Waals surface area contributed by atoms with Gasteiger partial charge in [0, 0.05) is 11.3 Å². The van der Waals surface area contributed by atoms with Crippen molar-refractivity contribution < 1.29 is 61.5 Å². The molecule has 28 heteroatoms. The van der Waals surface area contributed by atoms with Crippen LogP contribution in [-0.2, 0) is 45.3 Å². The van der Waals surface area contributed by atoms with Crippen LogP contribution < -0.4 is 16.2 Å². The smallest absolute Gasteiger partial charge is 0.296 e. The standard InChI is InChI=1S/C30H18Cl3N7O14S4/c31-24-28(32)35-30(33)36-29(24)34-14-2-4-15(5-3-14)37-38-18-8-12-1-6-19(41)25(17(12)11-20(18)56(46,47)48)39-40-26-22(58(52,53)54)9-13-7-16(55(43,44)45)10-21(57(49,50)51)23(13)27(26)42/h1-11,37-38H,(H,34,35,36)(H,43,44,45)(H,46,47,48)(H,49,50,51)(H,52,53,54). The lowest BCUT2D eigenvalue weighted by Crippen LogP contribution is -2.28. The molecule has 302 valence electrons. The summed E-state index contributed by atoms with van der Waals surface area (Å²) in [6, 6.07) is 8.74. The lowest BCUT2D eigenvalue weighted by molar-refractivity contribution is -0.108. The van der Waals surface area contributed by atoms with Gasteiger partial charge < -0.3 is 10.7 Å². The molecule has 1 heterocycles. The molecule has 0 radical (unpaired) electrons. The maximum absolute atomic E-state index is 13.6. The van der Waals surface area contributed by atoms with Crippen LogP contribution in [0.15, 0.2) is 84.4 Å². The minimum atomic E-state index is -5.49. The number of fused-ring (bicyclic) bond motifs is 2. The predicted molar refractivity (Wildman–Crippen MR) is 208 cm³/mol. The van der Waals surface area contributed by atoms with Crippen molar-refractivity contribution in [3.05, 3.63) is 97.2 Å². The number of hydrazine groups is 1. The molecule has 0 fully saturated rings. The van der Waals surface area contributed by atoms with E-state index in [2.05, 4.69) is 36.3 Å². The number of hydrogen-bond acceptors (Lipinski definition) is 17. The number of anilines is 4. The molecule has 0 spiro atoms. The maximum atomic E-state index is 13.6. The molecular formula is C30H18Cl3N7O14S4. The maximum Gasteiger partial charge on any atom is 0.296 e. The molecule has 0 atom stereocenters. The molecule has 0 unspecified atom stereocenters. The van der Waals surface area contributed by atoms with Gasteiger partial charge in [0.1, 0.15) is 25.4 Å². The van der Waals surface area contributed by atoms with Gasteiger partial charge in [-0.25, -0.2) is 4.98 Å². The number of allylic oxidation sites excluding steroid dienone is 2. The summed E-state index contributed by atoms with van der Waals surface area (Å²) < 4.78 is 137. The predicted octanol–water partition coefficient (Wildman–Crippen LogP) is 4.23. The summed E-state index contributed by atoms with van der Waals surface area (Å²) in [5, 5.41) is 9.76. The number of halogens is 3. The lowest BCUT2D eigenvalue weighted by Gasteiger charge is -2.19. The normalized spacial score (nSPS) is 15.9. The number of aromatic nitrogens is 2. The third-order valence-electron chi connectivity index (χ3n) is 7.78. The third-order valence-corrected chi connectivity index (χ3v) is 12.1. The van der Waals surface area contributed by atoms with Crippen LogP contribution in [0.4, 0.5) is 22.9 Å². The number of rotatable bonds is 10. The van der Waals surface area contributed by atoms with Crippen molar-refractivity contribution in [3.63, 3.8) is 0 Å². The summed E-state index contributed by atoms with van der Waals surface area (Å²) in [5.74, 6) is -2.58. The van der Waals surface area contributed by atoms with Crippen LogP contribution in [0.25, 0.3) is 12.2 Å². The monoisotopic (exact) mass is 933 g/mol. The fourth-order valence-electron chi connectivity index (χ4n) is 5.27. The highest BCUT2D eigenvalue weighted by Crippen LogP contribution is 2.35. The van der Waals surface area contributed by atoms with E-state index in [0.29, 0.717) is 23.5 Å². The van der Waals surface area contributed by atoms with Crippen molar-refractivity contribution in [2.75, 3.05) is 16.2 Å². The number of ketones is 2. The summed E-state index contributed by atoms with van der Waals surface area (Å²) in [5.41, 5.74) is 1.58. The first-order valence-corrected chi connectivity index (χ1v) is 21.9. The number of carbonyl (C=O) groups is 2. The summed E-state index contributed by atoms with van der Waals surface area (Å²) in [7, 11) is -21.3. The average Bonchev–Trinajstić information content (AvgIpc) is 3.11. The molecule has 7 N–H and O–H groups in total. The van der Waals surface area contributed by atoms with E-state index < -0.39 is 94.2 Å². The summed E-state index contributed by atoms with van der Waals surface area (Å²) in [4.78, 5) is 29.5. The second kappa shape index (κ2) is 15.2. The van der Waals surface area contributed by atoms with Gasteiger partial charge >= 0.3 is 0 Å². The molecule has 3 aromatic carbocycles. The Morgan fingerprint density at radius 2 is 1.26 bits per heavy atom. The van der Waals surface area contributed by atoms with E-state index in [4.69, 9.17) is 34.8 Å². The first kappa shape index (κ1) is 42.4. The number of nitrogens with zero attached hydrogens (tertiary/aromatic N) is 4. The summed E-state index contributed by atoms with van der Waals surface area (Å²) >= 11 is 17.9. The van der Waals surface area contributed by atoms with Gasteiger partial charge in [-0.1, -0.05) is 29.3 Å². The molecule has 0 saturated heterocycles. The Kier molecular flexibility index (Phi) is 11.1. The van der Waals surface area contributed by atoms with Crippen LogP contribution in [0.5, 0.6) is 0 Å². The van der Waals surface area contributed by atoms with Gasteiger partial charge in [-0.05, 0) is 83.4 Å². The lowest BCUT2D eigenvalue weighted by atomic mass is 9.94. The van der Waals surface area contributed by atoms with Gasteiger partial charge in [0.15, 0.2) is 16.7 Å². The van der Waals surface area contributed by atoms with E-state index in [1.807, 2.05) is 0 Å². The number of nitrogens with one attached hydrogen (secondary N) is 3. The van der Waals surface area contributed by atoms with Gasteiger partial charge in [-0.3, -0.25) is 33.2 Å². The largest absolute Gasteiger partial charge is 0.339 e. The van der Waals surface area contributed by atoms with E-state index in [9.17, 15) is 61.5 Å². The van der Waals surface area contributed by atoms with Gasteiger partial charge in [0.25, 0.3) is 40.5 Å². The van der Waals surface area contributed by atoms with Crippen LogP contribution in [0.2, 0.25) is 15.5 Å². The Labute approximate surface area is 341 Å².